The summed E-state index contributed by atoms with van der Waals surface area (Å²) in [5.41, 5.74) is 6.79. The van der Waals surface area contributed by atoms with Crippen molar-refractivity contribution in [1.82, 2.24) is 0 Å². The molecule has 0 saturated heterocycles. The Hall–Kier alpha value is -0.670. The summed E-state index contributed by atoms with van der Waals surface area (Å²) in [6.07, 6.45) is 1.92. The Morgan fingerprint density at radius 2 is 2.46 bits per heavy atom. The topological polar surface area (TPSA) is 43.1 Å². The number of carbonyl (C=O) groups is 1. The van der Waals surface area contributed by atoms with Crippen LogP contribution in [-0.4, -0.2) is 11.8 Å². The van der Waals surface area contributed by atoms with Crippen molar-refractivity contribution in [2.45, 2.75) is 32.2 Å². The molecule has 0 aliphatic heterocycles. The molecule has 1 rings (SSSR count). The molecule has 1 aromatic rings. The Labute approximate surface area is 82.8 Å². The van der Waals surface area contributed by atoms with Crippen LogP contribution >= 0.6 is 11.3 Å². The maximum Gasteiger partial charge on any atom is 0.138 e. The number of thiophene rings is 1. The summed E-state index contributed by atoms with van der Waals surface area (Å²) in [5.74, 6) is 0.243. The fraction of sp³-hybridized carbons (Fsp3) is 0.500. The average Bonchev–Trinajstić information content (AvgIpc) is 2.56. The number of nitrogens with two attached hydrogens (primary N) is 1. The maximum absolute atomic E-state index is 11.4. The molecule has 72 valence electrons. The summed E-state index contributed by atoms with van der Waals surface area (Å²) < 4.78 is 0. The van der Waals surface area contributed by atoms with Gasteiger partial charge in [-0.15, -0.1) is 0 Å². The molecule has 0 aliphatic rings. The second kappa shape index (κ2) is 5.14. The van der Waals surface area contributed by atoms with Gasteiger partial charge in [0.25, 0.3) is 0 Å². The van der Waals surface area contributed by atoms with Gasteiger partial charge in [-0.2, -0.15) is 11.3 Å². The lowest BCUT2D eigenvalue weighted by atomic mass is 10.0. The lowest BCUT2D eigenvalue weighted by molar-refractivity contribution is -0.118. The van der Waals surface area contributed by atoms with Crippen LogP contribution in [0, 0.1) is 0 Å². The molecular weight excluding hydrogens is 182 g/mol. The van der Waals surface area contributed by atoms with Crippen molar-refractivity contribution in [3.8, 4) is 0 Å². The number of ketones is 1. The van der Waals surface area contributed by atoms with E-state index in [-0.39, 0.29) is 11.8 Å². The zero-order valence-corrected chi connectivity index (χ0v) is 8.64. The van der Waals surface area contributed by atoms with Crippen LogP contribution in [0.5, 0.6) is 0 Å². The zero-order chi connectivity index (χ0) is 9.68. The predicted octanol–water partition coefficient (Wildman–Crippen LogP) is 1.99. The number of Topliss-reactive ketones (excluding diaryl/α,β-unsaturated/α-hetero) is 1. The van der Waals surface area contributed by atoms with Crippen molar-refractivity contribution in [3.63, 3.8) is 0 Å². The van der Waals surface area contributed by atoms with Gasteiger partial charge in [-0.05, 0) is 28.8 Å². The first-order valence-corrected chi connectivity index (χ1v) is 5.45. The zero-order valence-electron chi connectivity index (χ0n) is 7.82. The van der Waals surface area contributed by atoms with Gasteiger partial charge in [0.2, 0.25) is 0 Å². The standard InChI is InChI=1S/C10H15NOS/c1-2-9(11)6-10(12)5-8-3-4-13-7-8/h3-4,7,9H,2,5-6,11H2,1H3. The third-order valence-corrected chi connectivity index (χ3v) is 2.73. The monoisotopic (exact) mass is 197 g/mol. The van der Waals surface area contributed by atoms with Gasteiger partial charge in [0.15, 0.2) is 0 Å². The number of carbonyl (C=O) groups excluding carboxylic acids is 1. The molecule has 0 saturated carbocycles. The summed E-state index contributed by atoms with van der Waals surface area (Å²) in [4.78, 5) is 11.4. The summed E-state index contributed by atoms with van der Waals surface area (Å²) >= 11 is 1.62. The molecular formula is C10H15NOS. The molecule has 0 bridgehead atoms. The molecule has 3 heteroatoms. The molecule has 1 aromatic heterocycles. The van der Waals surface area contributed by atoms with Crippen molar-refractivity contribution in [2.75, 3.05) is 0 Å². The van der Waals surface area contributed by atoms with Crippen LogP contribution in [0.25, 0.3) is 0 Å². The van der Waals surface area contributed by atoms with Crippen molar-refractivity contribution in [3.05, 3.63) is 22.4 Å². The highest BCUT2D eigenvalue weighted by molar-refractivity contribution is 7.07. The van der Waals surface area contributed by atoms with Gasteiger partial charge in [-0.25, -0.2) is 0 Å². The predicted molar refractivity (Wildman–Crippen MR) is 55.9 cm³/mol. The van der Waals surface area contributed by atoms with E-state index in [1.54, 1.807) is 11.3 Å². The molecule has 1 unspecified atom stereocenters. The highest BCUT2D eigenvalue weighted by Crippen LogP contribution is 2.08. The Morgan fingerprint density at radius 1 is 1.69 bits per heavy atom. The molecule has 0 amide bonds. The summed E-state index contributed by atoms with van der Waals surface area (Å²) in [6, 6.07) is 2.02. The maximum atomic E-state index is 11.4. The fourth-order valence-electron chi connectivity index (χ4n) is 1.13. The molecule has 0 aromatic carbocycles. The minimum atomic E-state index is 0.0335. The van der Waals surface area contributed by atoms with Gasteiger partial charge >= 0.3 is 0 Å². The molecule has 2 nitrogen and oxygen atoms in total. The van der Waals surface area contributed by atoms with Gasteiger partial charge < -0.3 is 5.73 Å². The van der Waals surface area contributed by atoms with Crippen molar-refractivity contribution in [2.24, 2.45) is 5.73 Å². The molecule has 0 radical (unpaired) electrons. The Morgan fingerprint density at radius 3 is 3.00 bits per heavy atom. The van der Waals surface area contributed by atoms with Gasteiger partial charge in [0.1, 0.15) is 5.78 Å². The molecule has 13 heavy (non-hydrogen) atoms. The molecule has 1 atom stereocenters. The third-order valence-electron chi connectivity index (χ3n) is 2.00. The van der Waals surface area contributed by atoms with Crippen LogP contribution in [0.4, 0.5) is 0 Å². The molecule has 0 spiro atoms. The van der Waals surface area contributed by atoms with Crippen LogP contribution in [0.1, 0.15) is 25.3 Å². The first-order valence-electron chi connectivity index (χ1n) is 4.50. The molecule has 1 heterocycles. The Kier molecular flexibility index (Phi) is 4.12. The first-order chi connectivity index (χ1) is 6.22. The Balaban J connectivity index is 2.34. The average molecular weight is 197 g/mol. The van der Waals surface area contributed by atoms with E-state index in [9.17, 15) is 4.79 Å². The third kappa shape index (κ3) is 3.70. The summed E-state index contributed by atoms with van der Waals surface area (Å²) in [5, 5.41) is 4.00. The number of hydrogen-bond donors (Lipinski definition) is 1. The van der Waals surface area contributed by atoms with Crippen molar-refractivity contribution in [1.29, 1.82) is 0 Å². The van der Waals surface area contributed by atoms with E-state index in [1.165, 1.54) is 0 Å². The lowest BCUT2D eigenvalue weighted by Crippen LogP contribution is -2.23. The molecule has 0 aliphatic carbocycles. The summed E-state index contributed by atoms with van der Waals surface area (Å²) in [6.45, 7) is 2.00. The number of hydrogen-bond acceptors (Lipinski definition) is 3. The van der Waals surface area contributed by atoms with E-state index in [2.05, 4.69) is 0 Å². The van der Waals surface area contributed by atoms with Crippen LogP contribution in [0.3, 0.4) is 0 Å². The second-order valence-corrected chi connectivity index (χ2v) is 4.00. The smallest absolute Gasteiger partial charge is 0.138 e. The summed E-state index contributed by atoms with van der Waals surface area (Å²) in [7, 11) is 0. The first kappa shape index (κ1) is 10.4. The van der Waals surface area contributed by atoms with E-state index in [0.717, 1.165) is 12.0 Å². The van der Waals surface area contributed by atoms with Crippen molar-refractivity contribution >= 4 is 17.1 Å². The van der Waals surface area contributed by atoms with Crippen LogP contribution < -0.4 is 5.73 Å². The van der Waals surface area contributed by atoms with Crippen LogP contribution in [0.15, 0.2) is 16.8 Å². The number of rotatable bonds is 5. The van der Waals surface area contributed by atoms with Crippen molar-refractivity contribution < 1.29 is 4.79 Å². The normalized spacial score (nSPS) is 12.8. The minimum absolute atomic E-state index is 0.0335. The molecule has 0 fully saturated rings. The highest BCUT2D eigenvalue weighted by atomic mass is 32.1. The quantitative estimate of drug-likeness (QED) is 0.784. The van der Waals surface area contributed by atoms with Crippen LogP contribution in [-0.2, 0) is 11.2 Å². The van der Waals surface area contributed by atoms with Gasteiger partial charge in [0.05, 0.1) is 0 Å². The van der Waals surface area contributed by atoms with E-state index in [4.69, 9.17) is 5.73 Å². The minimum Gasteiger partial charge on any atom is -0.327 e. The van der Waals surface area contributed by atoms with Crippen LogP contribution in [0.2, 0.25) is 0 Å². The van der Waals surface area contributed by atoms with Gasteiger partial charge in [0, 0.05) is 18.9 Å². The highest BCUT2D eigenvalue weighted by Gasteiger charge is 2.08. The lowest BCUT2D eigenvalue weighted by Gasteiger charge is -2.06. The fourth-order valence-corrected chi connectivity index (χ4v) is 1.80. The van der Waals surface area contributed by atoms with Gasteiger partial charge in [-0.1, -0.05) is 6.92 Å². The van der Waals surface area contributed by atoms with E-state index in [1.807, 2.05) is 23.8 Å². The molecule has 2 N–H and O–H groups in total. The van der Waals surface area contributed by atoms with E-state index in [0.29, 0.717) is 12.8 Å². The van der Waals surface area contributed by atoms with Gasteiger partial charge in [-0.3, -0.25) is 4.79 Å². The SMILES string of the molecule is CCC(N)CC(=O)Cc1ccsc1. The van der Waals surface area contributed by atoms with E-state index >= 15 is 0 Å². The van der Waals surface area contributed by atoms with E-state index < -0.39 is 0 Å². The Bertz CT molecular complexity index is 256. The largest absolute Gasteiger partial charge is 0.327 e. The second-order valence-electron chi connectivity index (χ2n) is 3.22.